The maximum Gasteiger partial charge on any atom is 0.338 e. The van der Waals surface area contributed by atoms with Gasteiger partial charge in [-0.2, -0.15) is 0 Å². The fraction of sp³-hybridized carbons (Fsp3) is 0.263. The molecule has 0 fully saturated rings. The van der Waals surface area contributed by atoms with E-state index in [1.165, 1.54) is 49.4 Å². The van der Waals surface area contributed by atoms with Gasteiger partial charge in [-0.15, -0.1) is 0 Å². The molecule has 0 aromatic heterocycles. The number of esters is 1. The van der Waals surface area contributed by atoms with Crippen molar-refractivity contribution in [2.24, 2.45) is 0 Å². The van der Waals surface area contributed by atoms with Gasteiger partial charge in [0, 0.05) is 12.2 Å². The summed E-state index contributed by atoms with van der Waals surface area (Å²) in [4.78, 5) is 24.3. The number of amides is 1. The van der Waals surface area contributed by atoms with Gasteiger partial charge in [0.25, 0.3) is 5.91 Å². The van der Waals surface area contributed by atoms with E-state index in [4.69, 9.17) is 4.74 Å². The summed E-state index contributed by atoms with van der Waals surface area (Å²) in [6, 6.07) is 10.6. The van der Waals surface area contributed by atoms with Gasteiger partial charge in [-0.3, -0.25) is 4.79 Å². The van der Waals surface area contributed by atoms with Crippen LogP contribution in [0, 0.1) is 5.82 Å². The molecule has 0 spiro atoms. The number of ether oxygens (including phenoxy) is 1. The van der Waals surface area contributed by atoms with Crippen molar-refractivity contribution in [3.8, 4) is 0 Å². The zero-order valence-corrected chi connectivity index (χ0v) is 16.3. The van der Waals surface area contributed by atoms with Gasteiger partial charge >= 0.3 is 5.97 Å². The van der Waals surface area contributed by atoms with E-state index in [2.05, 4.69) is 10.0 Å². The highest BCUT2D eigenvalue weighted by molar-refractivity contribution is 7.89. The Hall–Kier alpha value is -2.78. The van der Waals surface area contributed by atoms with Crippen LogP contribution in [0.3, 0.4) is 0 Å². The third-order valence-electron chi connectivity index (χ3n) is 3.67. The molecular formula is C19H21FN2O5S. The van der Waals surface area contributed by atoms with Crippen LogP contribution in [0.4, 0.5) is 10.1 Å². The minimum Gasteiger partial charge on any atom is -0.449 e. The molecule has 2 aromatic rings. The average Bonchev–Trinajstić information content (AvgIpc) is 2.66. The Kier molecular flexibility index (Phi) is 7.24. The monoisotopic (exact) mass is 408 g/mol. The van der Waals surface area contributed by atoms with Crippen LogP contribution >= 0.6 is 0 Å². The predicted octanol–water partition coefficient (Wildman–Crippen LogP) is 2.70. The molecule has 0 unspecified atom stereocenters. The highest BCUT2D eigenvalue weighted by Crippen LogP contribution is 2.14. The number of halogens is 1. The molecule has 2 aromatic carbocycles. The fourth-order valence-electron chi connectivity index (χ4n) is 2.20. The van der Waals surface area contributed by atoms with Gasteiger partial charge in [0.1, 0.15) is 5.82 Å². The summed E-state index contributed by atoms with van der Waals surface area (Å²) in [5, 5.41) is 2.44. The van der Waals surface area contributed by atoms with Crippen molar-refractivity contribution in [3.05, 3.63) is 59.9 Å². The summed E-state index contributed by atoms with van der Waals surface area (Å²) < 4.78 is 45.0. The number of anilines is 1. The molecule has 1 atom stereocenters. The molecule has 0 heterocycles. The van der Waals surface area contributed by atoms with Crippen molar-refractivity contribution in [2.45, 2.75) is 31.3 Å². The first-order valence-electron chi connectivity index (χ1n) is 8.60. The van der Waals surface area contributed by atoms with Crippen molar-refractivity contribution in [1.29, 1.82) is 0 Å². The number of hydrogen-bond acceptors (Lipinski definition) is 5. The van der Waals surface area contributed by atoms with Crippen molar-refractivity contribution in [3.63, 3.8) is 0 Å². The lowest BCUT2D eigenvalue weighted by atomic mass is 10.2. The molecule has 7 nitrogen and oxygen atoms in total. The van der Waals surface area contributed by atoms with Crippen LogP contribution in [-0.2, 0) is 19.6 Å². The first kappa shape index (κ1) is 21.5. The number of rotatable bonds is 8. The molecule has 2 N–H and O–H groups in total. The standard InChI is InChI=1S/C19H21FN2O5S/c1-3-10-21-28(25,26)17-9-4-6-14(11-17)19(24)27-13(2)18(23)22-16-8-5-7-15(20)12-16/h4-9,11-13,21H,3,10H2,1-2H3,(H,22,23)/t13-/m1/s1. The summed E-state index contributed by atoms with van der Waals surface area (Å²) in [6.45, 7) is 3.46. The second kappa shape index (κ2) is 9.43. The lowest BCUT2D eigenvalue weighted by molar-refractivity contribution is -0.123. The molecule has 0 saturated heterocycles. The van der Waals surface area contributed by atoms with Crippen molar-refractivity contribution < 1.29 is 27.1 Å². The average molecular weight is 408 g/mol. The van der Waals surface area contributed by atoms with Gasteiger partial charge in [0.05, 0.1) is 10.5 Å². The molecule has 0 radical (unpaired) electrons. The largest absolute Gasteiger partial charge is 0.449 e. The van der Waals surface area contributed by atoms with Gasteiger partial charge in [0.15, 0.2) is 6.10 Å². The van der Waals surface area contributed by atoms with Gasteiger partial charge < -0.3 is 10.1 Å². The maximum absolute atomic E-state index is 13.2. The Balaban J connectivity index is 2.05. The number of carbonyl (C=O) groups is 2. The summed E-state index contributed by atoms with van der Waals surface area (Å²) in [7, 11) is -3.74. The Morgan fingerprint density at radius 1 is 1.14 bits per heavy atom. The van der Waals surface area contributed by atoms with E-state index < -0.39 is 33.8 Å². The van der Waals surface area contributed by atoms with E-state index in [9.17, 15) is 22.4 Å². The molecule has 2 rings (SSSR count). The fourth-order valence-corrected chi connectivity index (χ4v) is 3.38. The quantitative estimate of drug-likeness (QED) is 0.654. The molecule has 0 saturated carbocycles. The minimum atomic E-state index is -3.74. The highest BCUT2D eigenvalue weighted by Gasteiger charge is 2.21. The predicted molar refractivity (Wildman–Crippen MR) is 102 cm³/mol. The van der Waals surface area contributed by atoms with Crippen molar-refractivity contribution >= 4 is 27.6 Å². The first-order valence-corrected chi connectivity index (χ1v) is 10.1. The Bertz CT molecular complexity index is 962. The van der Waals surface area contributed by atoms with Crippen LogP contribution in [0.2, 0.25) is 0 Å². The summed E-state index contributed by atoms with van der Waals surface area (Å²) in [5.41, 5.74) is 0.216. The second-order valence-corrected chi connectivity index (χ2v) is 7.74. The normalized spacial score (nSPS) is 12.2. The van der Waals surface area contributed by atoms with Crippen LogP contribution < -0.4 is 10.0 Å². The lowest BCUT2D eigenvalue weighted by Gasteiger charge is -2.14. The van der Waals surface area contributed by atoms with Crippen LogP contribution in [0.15, 0.2) is 53.4 Å². The Labute approximate surface area is 163 Å². The molecule has 0 aliphatic carbocycles. The minimum absolute atomic E-state index is 0.00946. The smallest absolute Gasteiger partial charge is 0.338 e. The number of hydrogen-bond donors (Lipinski definition) is 2. The van der Waals surface area contributed by atoms with Crippen molar-refractivity contribution in [1.82, 2.24) is 4.72 Å². The van der Waals surface area contributed by atoms with Gasteiger partial charge in [0.2, 0.25) is 10.0 Å². The maximum atomic E-state index is 13.2. The number of benzene rings is 2. The molecule has 0 bridgehead atoms. The Morgan fingerprint density at radius 2 is 1.86 bits per heavy atom. The van der Waals surface area contributed by atoms with E-state index in [-0.39, 0.29) is 22.7 Å². The van der Waals surface area contributed by atoms with Crippen LogP contribution in [0.1, 0.15) is 30.6 Å². The number of nitrogens with one attached hydrogen (secondary N) is 2. The van der Waals surface area contributed by atoms with Crippen LogP contribution in [-0.4, -0.2) is 32.9 Å². The first-order chi connectivity index (χ1) is 13.2. The third kappa shape index (κ3) is 5.86. The number of carbonyl (C=O) groups excluding carboxylic acids is 2. The molecule has 9 heteroatoms. The second-order valence-electron chi connectivity index (χ2n) is 5.97. The number of sulfonamides is 1. The van der Waals surface area contributed by atoms with Crippen LogP contribution in [0.5, 0.6) is 0 Å². The molecular weight excluding hydrogens is 387 g/mol. The van der Waals surface area contributed by atoms with Gasteiger partial charge in [-0.1, -0.05) is 19.1 Å². The molecule has 0 aliphatic rings. The summed E-state index contributed by atoms with van der Waals surface area (Å²) >= 11 is 0. The summed E-state index contributed by atoms with van der Waals surface area (Å²) in [6.07, 6.45) is -0.548. The zero-order valence-electron chi connectivity index (χ0n) is 15.4. The third-order valence-corrected chi connectivity index (χ3v) is 5.13. The molecule has 150 valence electrons. The van der Waals surface area contributed by atoms with E-state index in [0.29, 0.717) is 6.42 Å². The molecule has 1 amide bonds. The van der Waals surface area contributed by atoms with E-state index in [0.717, 1.165) is 6.07 Å². The van der Waals surface area contributed by atoms with E-state index in [1.54, 1.807) is 0 Å². The SMILES string of the molecule is CCCNS(=O)(=O)c1cccc(C(=O)O[C@H](C)C(=O)Nc2cccc(F)c2)c1. The molecule has 0 aliphatic heterocycles. The lowest BCUT2D eigenvalue weighted by Crippen LogP contribution is -2.30. The molecule has 28 heavy (non-hydrogen) atoms. The van der Waals surface area contributed by atoms with Gasteiger partial charge in [-0.25, -0.2) is 22.3 Å². The topological polar surface area (TPSA) is 102 Å². The summed E-state index contributed by atoms with van der Waals surface area (Å²) in [5.74, 6) is -2.01. The van der Waals surface area contributed by atoms with E-state index in [1.807, 2.05) is 6.92 Å². The van der Waals surface area contributed by atoms with Crippen molar-refractivity contribution in [2.75, 3.05) is 11.9 Å². The van der Waals surface area contributed by atoms with E-state index >= 15 is 0 Å². The van der Waals surface area contributed by atoms with Gasteiger partial charge in [-0.05, 0) is 49.7 Å². The van der Waals surface area contributed by atoms with Crippen LogP contribution in [0.25, 0.3) is 0 Å². The highest BCUT2D eigenvalue weighted by atomic mass is 32.2. The Morgan fingerprint density at radius 3 is 2.54 bits per heavy atom. The zero-order chi connectivity index (χ0) is 20.7.